The Kier molecular flexibility index (Phi) is 6.15. The van der Waals surface area contributed by atoms with E-state index < -0.39 is 0 Å². The molecule has 1 aromatic heterocycles. The lowest BCUT2D eigenvalue weighted by atomic mass is 9.99. The van der Waals surface area contributed by atoms with E-state index in [1.165, 1.54) is 17.3 Å². The first kappa shape index (κ1) is 22.0. The average molecular weight is 463 g/mol. The molecule has 1 saturated heterocycles. The van der Waals surface area contributed by atoms with Gasteiger partial charge in [-0.05, 0) is 55.9 Å². The molecule has 0 aliphatic carbocycles. The molecule has 2 aliphatic heterocycles. The maximum Gasteiger partial charge on any atom is 0.242 e. The van der Waals surface area contributed by atoms with Gasteiger partial charge in [0.2, 0.25) is 11.8 Å². The van der Waals surface area contributed by atoms with Gasteiger partial charge in [-0.3, -0.25) is 9.59 Å². The summed E-state index contributed by atoms with van der Waals surface area (Å²) in [5, 5.41) is 0.725. The third-order valence-electron chi connectivity index (χ3n) is 6.85. The Bertz CT molecular complexity index is 1180. The molecule has 3 aromatic rings. The molecule has 2 amide bonds. The average Bonchev–Trinajstić information content (AvgIpc) is 3.34. The number of carbonyl (C=O) groups is 2. The largest absolute Gasteiger partial charge is 0.341 e. The third kappa shape index (κ3) is 4.38. The van der Waals surface area contributed by atoms with Gasteiger partial charge in [0.25, 0.3) is 0 Å². The first-order valence-electron chi connectivity index (χ1n) is 11.8. The van der Waals surface area contributed by atoms with Crippen LogP contribution in [0.2, 0.25) is 0 Å². The van der Waals surface area contributed by atoms with E-state index in [1.807, 2.05) is 56.8 Å². The molecule has 3 heterocycles. The van der Waals surface area contributed by atoms with Gasteiger partial charge in [-0.1, -0.05) is 49.0 Å². The number of likely N-dealkylation sites (tertiary alicyclic amines) is 1. The smallest absolute Gasteiger partial charge is 0.242 e. The van der Waals surface area contributed by atoms with Gasteiger partial charge in [0.1, 0.15) is 6.54 Å². The molecule has 2 aliphatic rings. The Morgan fingerprint density at radius 3 is 2.55 bits per heavy atom. The predicted octanol–water partition coefficient (Wildman–Crippen LogP) is 4.36. The van der Waals surface area contributed by atoms with E-state index in [2.05, 4.69) is 19.9 Å². The van der Waals surface area contributed by atoms with Crippen LogP contribution in [0.1, 0.15) is 32.3 Å². The SMILES string of the molecule is CC1CCN(C(=O)Cn2c(SCC(=O)N3c4ccccc4CC3C)nc3ccccc32)CC1. The highest BCUT2D eigenvalue weighted by molar-refractivity contribution is 7.99. The van der Waals surface area contributed by atoms with Crippen molar-refractivity contribution in [2.24, 2.45) is 5.92 Å². The summed E-state index contributed by atoms with van der Waals surface area (Å²) in [6.07, 6.45) is 3.00. The van der Waals surface area contributed by atoms with Crippen LogP contribution in [0.3, 0.4) is 0 Å². The number of aromatic nitrogens is 2. The fourth-order valence-electron chi connectivity index (χ4n) is 4.95. The molecule has 0 bridgehead atoms. The first-order chi connectivity index (χ1) is 16.0. The number of thioether (sulfide) groups is 1. The second kappa shape index (κ2) is 9.21. The topological polar surface area (TPSA) is 58.4 Å². The molecule has 5 rings (SSSR count). The highest BCUT2D eigenvalue weighted by atomic mass is 32.2. The second-order valence-corrected chi connectivity index (χ2v) is 10.2. The van der Waals surface area contributed by atoms with E-state index >= 15 is 0 Å². The highest BCUT2D eigenvalue weighted by Gasteiger charge is 2.31. The molecule has 7 heteroatoms. The van der Waals surface area contributed by atoms with Crippen LogP contribution in [0.15, 0.2) is 53.7 Å². The van der Waals surface area contributed by atoms with Crippen LogP contribution in [0, 0.1) is 5.92 Å². The molecule has 0 radical (unpaired) electrons. The van der Waals surface area contributed by atoms with Crippen molar-refractivity contribution in [2.45, 2.75) is 50.9 Å². The van der Waals surface area contributed by atoms with Gasteiger partial charge >= 0.3 is 0 Å². The number of nitrogens with zero attached hydrogens (tertiary/aromatic N) is 4. The van der Waals surface area contributed by atoms with Gasteiger partial charge < -0.3 is 14.4 Å². The standard InChI is InChI=1S/C26H30N4O2S/c1-18-11-13-28(14-12-18)24(31)16-29-23-10-6-4-8-21(23)27-26(29)33-17-25(32)30-19(2)15-20-7-3-5-9-22(20)30/h3-10,18-19H,11-17H2,1-2H3. The predicted molar refractivity (Wildman–Crippen MR) is 133 cm³/mol. The molecule has 0 spiro atoms. The maximum atomic E-state index is 13.2. The summed E-state index contributed by atoms with van der Waals surface area (Å²) in [6.45, 7) is 6.24. The van der Waals surface area contributed by atoms with Crippen molar-refractivity contribution in [3.63, 3.8) is 0 Å². The van der Waals surface area contributed by atoms with Crippen molar-refractivity contribution < 1.29 is 9.59 Å². The summed E-state index contributed by atoms with van der Waals surface area (Å²) in [5.74, 6) is 1.17. The lowest BCUT2D eigenvalue weighted by Crippen LogP contribution is -2.39. The summed E-state index contributed by atoms with van der Waals surface area (Å²) >= 11 is 1.42. The van der Waals surface area contributed by atoms with Crippen molar-refractivity contribution in [3.05, 3.63) is 54.1 Å². The minimum atomic E-state index is 0.0763. The van der Waals surface area contributed by atoms with Crippen molar-refractivity contribution in [1.29, 1.82) is 0 Å². The molecule has 0 N–H and O–H groups in total. The minimum absolute atomic E-state index is 0.0763. The van der Waals surface area contributed by atoms with Crippen molar-refractivity contribution >= 4 is 40.3 Å². The molecule has 6 nitrogen and oxygen atoms in total. The Morgan fingerprint density at radius 2 is 1.73 bits per heavy atom. The lowest BCUT2D eigenvalue weighted by molar-refractivity contribution is -0.133. The monoisotopic (exact) mass is 462 g/mol. The van der Waals surface area contributed by atoms with E-state index in [9.17, 15) is 9.59 Å². The van der Waals surface area contributed by atoms with Crippen LogP contribution in [0.25, 0.3) is 11.0 Å². The first-order valence-corrected chi connectivity index (χ1v) is 12.8. The van der Waals surface area contributed by atoms with E-state index in [0.29, 0.717) is 5.92 Å². The van der Waals surface area contributed by atoms with Crippen molar-refractivity contribution in [3.8, 4) is 0 Å². The van der Waals surface area contributed by atoms with E-state index in [-0.39, 0.29) is 30.2 Å². The molecule has 1 atom stereocenters. The summed E-state index contributed by atoms with van der Waals surface area (Å²) in [6, 6.07) is 16.2. The summed E-state index contributed by atoms with van der Waals surface area (Å²) in [5.41, 5.74) is 4.02. The quantitative estimate of drug-likeness (QED) is 0.529. The van der Waals surface area contributed by atoms with Gasteiger partial charge in [0.15, 0.2) is 5.16 Å². The van der Waals surface area contributed by atoms with Crippen LogP contribution < -0.4 is 4.90 Å². The molecule has 33 heavy (non-hydrogen) atoms. The summed E-state index contributed by atoms with van der Waals surface area (Å²) < 4.78 is 1.98. The molecule has 2 aromatic carbocycles. The number of para-hydroxylation sites is 3. The van der Waals surface area contributed by atoms with E-state index in [1.54, 1.807) is 0 Å². The fourth-order valence-corrected chi connectivity index (χ4v) is 5.82. The molecule has 172 valence electrons. The molecular formula is C26H30N4O2S. The lowest BCUT2D eigenvalue weighted by Gasteiger charge is -2.30. The molecular weight excluding hydrogens is 432 g/mol. The molecule has 1 unspecified atom stereocenters. The number of fused-ring (bicyclic) bond motifs is 2. The van der Waals surface area contributed by atoms with Gasteiger partial charge in [-0.25, -0.2) is 4.98 Å². The van der Waals surface area contributed by atoms with Crippen LogP contribution in [0.4, 0.5) is 5.69 Å². The van der Waals surface area contributed by atoms with Crippen molar-refractivity contribution in [2.75, 3.05) is 23.7 Å². The number of anilines is 1. The number of hydrogen-bond donors (Lipinski definition) is 0. The van der Waals surface area contributed by atoms with E-state index in [4.69, 9.17) is 4.98 Å². The van der Waals surface area contributed by atoms with E-state index in [0.717, 1.165) is 54.2 Å². The van der Waals surface area contributed by atoms with Gasteiger partial charge in [-0.2, -0.15) is 0 Å². The number of piperidine rings is 1. The number of amides is 2. The number of hydrogen-bond acceptors (Lipinski definition) is 4. The van der Waals surface area contributed by atoms with Crippen molar-refractivity contribution in [1.82, 2.24) is 14.5 Å². The number of benzene rings is 2. The fraction of sp³-hybridized carbons (Fsp3) is 0.423. The van der Waals surface area contributed by atoms with Gasteiger partial charge in [-0.15, -0.1) is 0 Å². The minimum Gasteiger partial charge on any atom is -0.341 e. The highest BCUT2D eigenvalue weighted by Crippen LogP contribution is 2.33. The van der Waals surface area contributed by atoms with Gasteiger partial charge in [0, 0.05) is 24.8 Å². The number of imidazole rings is 1. The summed E-state index contributed by atoms with van der Waals surface area (Å²) in [4.78, 5) is 35.0. The molecule has 0 saturated carbocycles. The summed E-state index contributed by atoms with van der Waals surface area (Å²) in [7, 11) is 0. The Hall–Kier alpha value is -2.80. The molecule has 1 fully saturated rings. The number of rotatable bonds is 5. The number of carbonyl (C=O) groups excluding carboxylic acids is 2. The van der Waals surface area contributed by atoms with Crippen LogP contribution in [-0.2, 0) is 22.6 Å². The van der Waals surface area contributed by atoms with Gasteiger partial charge in [0.05, 0.1) is 16.8 Å². The maximum absolute atomic E-state index is 13.2. The van der Waals surface area contributed by atoms with Crippen LogP contribution >= 0.6 is 11.8 Å². The Morgan fingerprint density at radius 1 is 1.00 bits per heavy atom. The van der Waals surface area contributed by atoms with Crippen LogP contribution in [-0.4, -0.2) is 51.1 Å². The Labute approximate surface area is 199 Å². The third-order valence-corrected chi connectivity index (χ3v) is 7.81. The normalized spacial score (nSPS) is 18.7. The van der Waals surface area contributed by atoms with Crippen LogP contribution in [0.5, 0.6) is 0 Å². The Balaban J connectivity index is 1.34. The zero-order chi connectivity index (χ0) is 22.9. The second-order valence-electron chi connectivity index (χ2n) is 9.27. The zero-order valence-electron chi connectivity index (χ0n) is 19.2. The zero-order valence-corrected chi connectivity index (χ0v) is 20.1.